The number of hydrogen-bond acceptors (Lipinski definition) is 3. The van der Waals surface area contributed by atoms with Gasteiger partial charge in [-0.05, 0) is 37.8 Å². The third-order valence-electron chi connectivity index (χ3n) is 5.63. The van der Waals surface area contributed by atoms with Gasteiger partial charge in [0, 0.05) is 37.2 Å². The number of nitrogens with zero attached hydrogens (tertiary/aromatic N) is 3. The quantitative estimate of drug-likeness (QED) is 0.634. The monoisotopic (exact) mass is 385 g/mol. The number of carbonyl (C=O) groups excluding carboxylic acids is 1. The summed E-state index contributed by atoms with van der Waals surface area (Å²) in [5.74, 6) is 0.489. The van der Waals surface area contributed by atoms with Crippen LogP contribution in [0.1, 0.15) is 42.0 Å². The van der Waals surface area contributed by atoms with Gasteiger partial charge in [0.1, 0.15) is 0 Å². The summed E-state index contributed by atoms with van der Waals surface area (Å²) in [7, 11) is 0. The fraction of sp³-hybridized carbons (Fsp3) is 0.320. The molecule has 0 radical (unpaired) electrons. The maximum absolute atomic E-state index is 12.8. The summed E-state index contributed by atoms with van der Waals surface area (Å²) >= 11 is 0. The molecule has 0 N–H and O–H groups in total. The highest BCUT2D eigenvalue weighted by molar-refractivity contribution is 5.76. The number of benzene rings is 2. The predicted octanol–water partition coefficient (Wildman–Crippen LogP) is 4.79. The second-order valence-electron chi connectivity index (χ2n) is 7.86. The van der Waals surface area contributed by atoms with Gasteiger partial charge in [0.25, 0.3) is 0 Å². The molecule has 0 saturated carbocycles. The first-order valence-electron chi connectivity index (χ1n) is 10.4. The molecule has 1 aliphatic rings. The van der Waals surface area contributed by atoms with Crippen molar-refractivity contribution in [3.8, 4) is 11.3 Å². The number of aromatic nitrogens is 2. The zero-order valence-electron chi connectivity index (χ0n) is 16.9. The Labute approximate surface area is 172 Å². The molecule has 29 heavy (non-hydrogen) atoms. The lowest BCUT2D eigenvalue weighted by molar-refractivity contribution is -0.132. The van der Waals surface area contributed by atoms with Crippen LogP contribution in [0.3, 0.4) is 0 Å². The van der Waals surface area contributed by atoms with Gasteiger partial charge in [-0.15, -0.1) is 0 Å². The Kier molecular flexibility index (Phi) is 5.99. The molecule has 0 bridgehead atoms. The number of piperidine rings is 1. The average Bonchev–Trinajstić information content (AvgIpc) is 2.78. The van der Waals surface area contributed by atoms with Crippen LogP contribution in [-0.4, -0.2) is 33.9 Å². The number of likely N-dealkylation sites (tertiary alicyclic amines) is 1. The van der Waals surface area contributed by atoms with Crippen molar-refractivity contribution in [1.82, 2.24) is 14.9 Å². The van der Waals surface area contributed by atoms with Crippen LogP contribution in [0.25, 0.3) is 11.3 Å². The van der Waals surface area contributed by atoms with E-state index in [9.17, 15) is 4.79 Å². The average molecular weight is 386 g/mol. The van der Waals surface area contributed by atoms with E-state index in [1.54, 1.807) is 0 Å². The predicted molar refractivity (Wildman–Crippen MR) is 116 cm³/mol. The fourth-order valence-electron chi connectivity index (χ4n) is 4.02. The smallest absolute Gasteiger partial charge is 0.222 e. The number of rotatable bonds is 5. The van der Waals surface area contributed by atoms with E-state index in [1.807, 2.05) is 41.6 Å². The second-order valence-corrected chi connectivity index (χ2v) is 7.86. The number of aryl methyl sites for hydroxylation is 2. The molecular formula is C25H27N3O. The van der Waals surface area contributed by atoms with Crippen LogP contribution in [0.5, 0.6) is 0 Å². The molecule has 3 aromatic rings. The van der Waals surface area contributed by atoms with Gasteiger partial charge in [-0.2, -0.15) is 0 Å². The van der Waals surface area contributed by atoms with Gasteiger partial charge in [0.15, 0.2) is 0 Å². The molecule has 1 amide bonds. The van der Waals surface area contributed by atoms with E-state index in [-0.39, 0.29) is 11.8 Å². The van der Waals surface area contributed by atoms with Gasteiger partial charge in [-0.25, -0.2) is 4.98 Å². The molecule has 1 aliphatic heterocycles. The summed E-state index contributed by atoms with van der Waals surface area (Å²) in [6.45, 7) is 3.66. The summed E-state index contributed by atoms with van der Waals surface area (Å²) < 4.78 is 0. The van der Waals surface area contributed by atoms with Crippen molar-refractivity contribution in [3.63, 3.8) is 0 Å². The summed E-state index contributed by atoms with van der Waals surface area (Å²) in [6.07, 6.45) is 7.10. The normalized spacial score (nSPS) is 16.6. The van der Waals surface area contributed by atoms with E-state index >= 15 is 0 Å². The standard InChI is InChI=1S/C25H27N3O/c1-19-7-5-10-21(15-19)23-16-26-17-24(27-23)22-11-6-14-28(18-22)25(29)13-12-20-8-3-2-4-9-20/h2-5,7-10,15-17,22H,6,11-14,18H2,1H3/t22-/m1/s1. The van der Waals surface area contributed by atoms with Crippen LogP contribution in [0.2, 0.25) is 0 Å². The Morgan fingerprint density at radius 1 is 1.10 bits per heavy atom. The highest BCUT2D eigenvalue weighted by Crippen LogP contribution is 2.27. The topological polar surface area (TPSA) is 46.1 Å². The summed E-state index contributed by atoms with van der Waals surface area (Å²) in [4.78, 5) is 24.1. The minimum atomic E-state index is 0.237. The van der Waals surface area contributed by atoms with Crippen LogP contribution < -0.4 is 0 Å². The molecule has 1 atom stereocenters. The molecule has 4 rings (SSSR count). The van der Waals surface area contributed by atoms with Crippen LogP contribution in [0, 0.1) is 6.92 Å². The molecule has 0 aliphatic carbocycles. The Morgan fingerprint density at radius 2 is 1.97 bits per heavy atom. The highest BCUT2D eigenvalue weighted by Gasteiger charge is 2.25. The first-order valence-corrected chi connectivity index (χ1v) is 10.4. The molecule has 0 unspecified atom stereocenters. The number of carbonyl (C=O) groups is 1. The highest BCUT2D eigenvalue weighted by atomic mass is 16.2. The van der Waals surface area contributed by atoms with Crippen LogP contribution in [0.4, 0.5) is 0 Å². The molecule has 1 aromatic heterocycles. The maximum Gasteiger partial charge on any atom is 0.222 e. The van der Waals surface area contributed by atoms with Crippen molar-refractivity contribution in [2.75, 3.05) is 13.1 Å². The lowest BCUT2D eigenvalue weighted by Gasteiger charge is -2.32. The maximum atomic E-state index is 12.8. The van der Waals surface area contributed by atoms with E-state index in [1.165, 1.54) is 11.1 Å². The van der Waals surface area contributed by atoms with Gasteiger partial charge in [-0.3, -0.25) is 9.78 Å². The van der Waals surface area contributed by atoms with Crippen LogP contribution in [-0.2, 0) is 11.2 Å². The third kappa shape index (κ3) is 4.89. The van der Waals surface area contributed by atoms with E-state index in [0.29, 0.717) is 6.42 Å². The summed E-state index contributed by atoms with van der Waals surface area (Å²) in [5.41, 5.74) is 5.41. The lowest BCUT2D eigenvalue weighted by atomic mass is 9.94. The second kappa shape index (κ2) is 8.99. The first kappa shape index (κ1) is 19.3. The Hall–Kier alpha value is -3.01. The van der Waals surface area contributed by atoms with Crippen molar-refractivity contribution in [1.29, 1.82) is 0 Å². The van der Waals surface area contributed by atoms with Gasteiger partial charge < -0.3 is 4.90 Å². The van der Waals surface area contributed by atoms with Crippen LogP contribution >= 0.6 is 0 Å². The van der Waals surface area contributed by atoms with E-state index in [2.05, 4.69) is 42.2 Å². The van der Waals surface area contributed by atoms with Crippen molar-refractivity contribution in [2.45, 2.75) is 38.5 Å². The van der Waals surface area contributed by atoms with Gasteiger partial charge in [0.05, 0.1) is 17.6 Å². The number of amides is 1. The van der Waals surface area contributed by atoms with Gasteiger partial charge in [-0.1, -0.05) is 54.1 Å². The van der Waals surface area contributed by atoms with Gasteiger partial charge in [0.2, 0.25) is 5.91 Å². The van der Waals surface area contributed by atoms with Gasteiger partial charge >= 0.3 is 0 Å². The van der Waals surface area contributed by atoms with Crippen molar-refractivity contribution < 1.29 is 4.79 Å². The molecule has 2 aromatic carbocycles. The molecular weight excluding hydrogens is 358 g/mol. The number of hydrogen-bond donors (Lipinski definition) is 0. The van der Waals surface area contributed by atoms with Crippen molar-refractivity contribution >= 4 is 5.91 Å². The molecule has 1 saturated heterocycles. The third-order valence-corrected chi connectivity index (χ3v) is 5.63. The molecule has 4 heteroatoms. The Bertz CT molecular complexity index is 971. The van der Waals surface area contributed by atoms with E-state index in [0.717, 1.165) is 49.3 Å². The fourth-order valence-corrected chi connectivity index (χ4v) is 4.02. The largest absolute Gasteiger partial charge is 0.342 e. The zero-order valence-corrected chi connectivity index (χ0v) is 16.9. The first-order chi connectivity index (χ1) is 14.2. The summed E-state index contributed by atoms with van der Waals surface area (Å²) in [6, 6.07) is 18.6. The molecule has 148 valence electrons. The van der Waals surface area contributed by atoms with Crippen molar-refractivity contribution in [3.05, 3.63) is 83.8 Å². The Morgan fingerprint density at radius 3 is 2.79 bits per heavy atom. The molecule has 2 heterocycles. The zero-order chi connectivity index (χ0) is 20.1. The molecule has 1 fully saturated rings. The minimum absolute atomic E-state index is 0.237. The Balaban J connectivity index is 1.43. The molecule has 0 spiro atoms. The van der Waals surface area contributed by atoms with E-state index in [4.69, 9.17) is 4.98 Å². The minimum Gasteiger partial charge on any atom is -0.342 e. The van der Waals surface area contributed by atoms with Crippen molar-refractivity contribution in [2.24, 2.45) is 0 Å². The SMILES string of the molecule is Cc1cccc(-c2cncc([C@@H]3CCCN(C(=O)CCc4ccccc4)C3)n2)c1. The summed E-state index contributed by atoms with van der Waals surface area (Å²) in [5, 5.41) is 0. The lowest BCUT2D eigenvalue weighted by Crippen LogP contribution is -2.39. The van der Waals surface area contributed by atoms with Crippen LogP contribution in [0.15, 0.2) is 67.0 Å². The van der Waals surface area contributed by atoms with E-state index < -0.39 is 0 Å². The molecule has 4 nitrogen and oxygen atoms in total.